The molecule has 2 aromatic rings. The second-order valence-electron chi connectivity index (χ2n) is 3.90. The first-order valence-electron chi connectivity index (χ1n) is 5.19. The third-order valence-electron chi connectivity index (χ3n) is 2.60. The molecule has 0 saturated heterocycles. The van der Waals surface area contributed by atoms with E-state index in [1.165, 1.54) is 6.20 Å². The van der Waals surface area contributed by atoms with Crippen LogP contribution in [0.3, 0.4) is 0 Å². The summed E-state index contributed by atoms with van der Waals surface area (Å²) in [5.74, 6) is -1.17. The maximum Gasteiger partial charge on any atom is 0.306 e. The molecule has 2 rings (SSSR count). The molecule has 0 spiro atoms. The molecule has 18 heavy (non-hydrogen) atoms. The van der Waals surface area contributed by atoms with Crippen molar-refractivity contribution in [1.29, 1.82) is 0 Å². The maximum absolute atomic E-state index is 10.5. The van der Waals surface area contributed by atoms with E-state index in [-0.39, 0.29) is 0 Å². The van der Waals surface area contributed by atoms with Gasteiger partial charge in [-0.05, 0) is 22.0 Å². The molecule has 2 aromatic heterocycles. The van der Waals surface area contributed by atoms with Gasteiger partial charge in [-0.2, -0.15) is 0 Å². The van der Waals surface area contributed by atoms with E-state index in [1.54, 1.807) is 12.3 Å². The highest BCUT2D eigenvalue weighted by molar-refractivity contribution is 9.10. The van der Waals surface area contributed by atoms with E-state index in [0.717, 1.165) is 4.47 Å². The van der Waals surface area contributed by atoms with Crippen LogP contribution >= 0.6 is 15.9 Å². The van der Waals surface area contributed by atoms with Crippen LogP contribution in [0.2, 0.25) is 0 Å². The van der Waals surface area contributed by atoms with Crippen molar-refractivity contribution in [2.45, 2.75) is 18.6 Å². The van der Waals surface area contributed by atoms with Gasteiger partial charge in [-0.3, -0.25) is 4.79 Å². The Kier molecular flexibility index (Phi) is 3.65. The zero-order chi connectivity index (χ0) is 13.3. The van der Waals surface area contributed by atoms with E-state index in [2.05, 4.69) is 25.9 Å². The molecular weight excluding hydrogens is 304 g/mol. The van der Waals surface area contributed by atoms with E-state index >= 15 is 0 Å². The summed E-state index contributed by atoms with van der Waals surface area (Å²) in [7, 11) is 0. The van der Waals surface area contributed by atoms with Crippen LogP contribution in [0.25, 0.3) is 11.0 Å². The Bertz CT molecular complexity index is 583. The molecule has 96 valence electrons. The van der Waals surface area contributed by atoms with Gasteiger partial charge in [-0.15, -0.1) is 0 Å². The van der Waals surface area contributed by atoms with E-state index < -0.39 is 24.6 Å². The molecule has 0 fully saturated rings. The van der Waals surface area contributed by atoms with Crippen molar-refractivity contribution in [2.75, 3.05) is 0 Å². The summed E-state index contributed by atoms with van der Waals surface area (Å²) in [5, 5.41) is 28.8. The minimum atomic E-state index is -1.36. The van der Waals surface area contributed by atoms with Crippen molar-refractivity contribution in [2.24, 2.45) is 0 Å². The average Bonchev–Trinajstić information content (AvgIpc) is 2.69. The molecule has 0 saturated carbocycles. The van der Waals surface area contributed by atoms with Crippen LogP contribution in [0, 0.1) is 0 Å². The summed E-state index contributed by atoms with van der Waals surface area (Å²) >= 11 is 3.26. The van der Waals surface area contributed by atoms with Crippen molar-refractivity contribution in [3.8, 4) is 0 Å². The van der Waals surface area contributed by atoms with E-state index in [1.807, 2.05) is 0 Å². The highest BCUT2D eigenvalue weighted by Gasteiger charge is 2.24. The molecule has 7 heteroatoms. The first-order chi connectivity index (χ1) is 8.49. The maximum atomic E-state index is 10.5. The molecule has 0 amide bonds. The molecule has 2 unspecified atom stereocenters. The number of H-pyrrole nitrogens is 1. The second kappa shape index (κ2) is 5.05. The fourth-order valence-electron chi connectivity index (χ4n) is 1.74. The highest BCUT2D eigenvalue weighted by atomic mass is 79.9. The standard InChI is InChI=1S/C11H11BrN2O4/c12-5-1-6-7(4-14-11(6)13-3-5)10(18)8(15)2-9(16)17/h1,3-4,8,10,15,18H,2H2,(H,13,14)(H,16,17). The van der Waals surface area contributed by atoms with Gasteiger partial charge in [0.1, 0.15) is 11.8 Å². The molecular formula is C11H11BrN2O4. The Morgan fingerprint density at radius 1 is 1.50 bits per heavy atom. The number of aliphatic hydroxyl groups excluding tert-OH is 2. The number of carboxylic acids is 1. The monoisotopic (exact) mass is 314 g/mol. The van der Waals surface area contributed by atoms with Gasteiger partial charge in [0.2, 0.25) is 0 Å². The molecule has 0 aliphatic heterocycles. The van der Waals surface area contributed by atoms with Crippen LogP contribution in [0.1, 0.15) is 18.1 Å². The lowest BCUT2D eigenvalue weighted by molar-refractivity contribution is -0.141. The number of aliphatic carboxylic acids is 1. The normalized spacial score (nSPS) is 14.6. The largest absolute Gasteiger partial charge is 0.481 e. The summed E-state index contributed by atoms with van der Waals surface area (Å²) < 4.78 is 0.732. The number of carboxylic acid groups (broad SMARTS) is 1. The lowest BCUT2D eigenvalue weighted by Gasteiger charge is -2.15. The SMILES string of the molecule is O=C(O)CC(O)C(O)c1c[nH]c2ncc(Br)cc12. The van der Waals surface area contributed by atoms with Crippen molar-refractivity contribution in [3.63, 3.8) is 0 Å². The van der Waals surface area contributed by atoms with Gasteiger partial charge in [-0.1, -0.05) is 0 Å². The first-order valence-corrected chi connectivity index (χ1v) is 5.99. The van der Waals surface area contributed by atoms with Crippen LogP contribution in [-0.2, 0) is 4.79 Å². The summed E-state index contributed by atoms with van der Waals surface area (Å²) in [5.41, 5.74) is 0.988. The fourth-order valence-corrected chi connectivity index (χ4v) is 2.07. The van der Waals surface area contributed by atoms with Gasteiger partial charge in [0.05, 0.1) is 12.5 Å². The molecule has 4 N–H and O–H groups in total. The summed E-state index contributed by atoms with van der Waals surface area (Å²) in [6, 6.07) is 1.74. The quantitative estimate of drug-likeness (QED) is 0.678. The Morgan fingerprint density at radius 2 is 2.22 bits per heavy atom. The van der Waals surface area contributed by atoms with Crippen LogP contribution in [-0.4, -0.2) is 37.4 Å². The van der Waals surface area contributed by atoms with Crippen LogP contribution in [0.15, 0.2) is 22.9 Å². The van der Waals surface area contributed by atoms with Gasteiger partial charge in [0.15, 0.2) is 0 Å². The number of aliphatic hydroxyl groups is 2. The van der Waals surface area contributed by atoms with E-state index in [9.17, 15) is 15.0 Å². The molecule has 0 aromatic carbocycles. The number of pyridine rings is 1. The number of aromatic amines is 1. The lowest BCUT2D eigenvalue weighted by Crippen LogP contribution is -2.21. The minimum absolute atomic E-state index is 0.424. The van der Waals surface area contributed by atoms with Gasteiger partial charge in [-0.25, -0.2) is 4.98 Å². The number of carbonyl (C=O) groups is 1. The molecule has 0 bridgehead atoms. The molecule has 0 radical (unpaired) electrons. The first kappa shape index (κ1) is 13.0. The van der Waals surface area contributed by atoms with Gasteiger partial charge in [0, 0.05) is 27.8 Å². The summed E-state index contributed by atoms with van der Waals surface area (Å²) in [6.07, 6.45) is -0.0379. The Hall–Kier alpha value is -1.44. The van der Waals surface area contributed by atoms with E-state index in [0.29, 0.717) is 16.6 Å². The summed E-state index contributed by atoms with van der Waals surface area (Å²) in [4.78, 5) is 17.4. The van der Waals surface area contributed by atoms with Crippen molar-refractivity contribution < 1.29 is 20.1 Å². The number of halogens is 1. The predicted octanol–water partition coefficient (Wildman–Crippen LogP) is 1.19. The van der Waals surface area contributed by atoms with Gasteiger partial charge >= 0.3 is 5.97 Å². The number of hydrogen-bond donors (Lipinski definition) is 4. The number of rotatable bonds is 4. The van der Waals surface area contributed by atoms with Crippen LogP contribution in [0.4, 0.5) is 0 Å². The molecule has 2 heterocycles. The minimum Gasteiger partial charge on any atom is -0.481 e. The highest BCUT2D eigenvalue weighted by Crippen LogP contribution is 2.28. The van der Waals surface area contributed by atoms with Gasteiger partial charge in [0.25, 0.3) is 0 Å². The van der Waals surface area contributed by atoms with Crippen molar-refractivity contribution >= 4 is 32.9 Å². The van der Waals surface area contributed by atoms with Crippen LogP contribution < -0.4 is 0 Å². The van der Waals surface area contributed by atoms with Crippen LogP contribution in [0.5, 0.6) is 0 Å². The second-order valence-corrected chi connectivity index (χ2v) is 4.82. The number of hydrogen-bond acceptors (Lipinski definition) is 4. The molecule has 6 nitrogen and oxygen atoms in total. The Balaban J connectivity index is 2.35. The smallest absolute Gasteiger partial charge is 0.306 e. The van der Waals surface area contributed by atoms with Gasteiger partial charge < -0.3 is 20.3 Å². The number of nitrogens with one attached hydrogen (secondary N) is 1. The average molecular weight is 315 g/mol. The molecule has 2 atom stereocenters. The zero-order valence-electron chi connectivity index (χ0n) is 9.17. The van der Waals surface area contributed by atoms with Crippen molar-refractivity contribution in [1.82, 2.24) is 9.97 Å². The number of nitrogens with zero attached hydrogens (tertiary/aromatic N) is 1. The third kappa shape index (κ3) is 2.53. The molecule has 0 aliphatic carbocycles. The lowest BCUT2D eigenvalue weighted by atomic mass is 10.0. The van der Waals surface area contributed by atoms with Crippen molar-refractivity contribution in [3.05, 3.63) is 28.5 Å². The Labute approximate surface area is 110 Å². The zero-order valence-corrected chi connectivity index (χ0v) is 10.8. The fraction of sp³-hybridized carbons (Fsp3) is 0.273. The topological polar surface area (TPSA) is 106 Å². The Morgan fingerprint density at radius 3 is 2.89 bits per heavy atom. The predicted molar refractivity (Wildman–Crippen MR) is 67.0 cm³/mol. The summed E-state index contributed by atoms with van der Waals surface area (Å²) in [6.45, 7) is 0. The molecule has 0 aliphatic rings. The number of aromatic nitrogens is 2. The third-order valence-corrected chi connectivity index (χ3v) is 3.03. The van der Waals surface area contributed by atoms with E-state index in [4.69, 9.17) is 5.11 Å². The number of fused-ring (bicyclic) bond motifs is 1.